The maximum atomic E-state index is 12.6. The molecule has 0 spiro atoms. The van der Waals surface area contributed by atoms with Crippen molar-refractivity contribution in [2.45, 2.75) is 38.7 Å². The molecule has 2 aromatic carbocycles. The highest BCUT2D eigenvalue weighted by Crippen LogP contribution is 2.30. The van der Waals surface area contributed by atoms with E-state index in [0.29, 0.717) is 11.3 Å². The first-order chi connectivity index (χ1) is 12.6. The number of amides is 1. The lowest BCUT2D eigenvalue weighted by molar-refractivity contribution is -0.122. The van der Waals surface area contributed by atoms with Crippen molar-refractivity contribution in [1.82, 2.24) is 0 Å². The zero-order chi connectivity index (χ0) is 18.5. The summed E-state index contributed by atoms with van der Waals surface area (Å²) >= 11 is 0. The van der Waals surface area contributed by atoms with Crippen LogP contribution >= 0.6 is 0 Å². The Bertz CT molecular complexity index is 815. The summed E-state index contributed by atoms with van der Waals surface area (Å²) in [6.45, 7) is 1.71. The predicted molar refractivity (Wildman–Crippen MR) is 99.6 cm³/mol. The molecule has 1 aliphatic carbocycles. The number of carbonyl (C=O) groups excluding carboxylic acids is 2. The Labute approximate surface area is 153 Å². The quantitative estimate of drug-likeness (QED) is 0.832. The van der Waals surface area contributed by atoms with E-state index in [1.54, 1.807) is 31.2 Å². The van der Waals surface area contributed by atoms with Crippen molar-refractivity contribution in [3.63, 3.8) is 0 Å². The molecule has 3 rings (SSSR count). The lowest BCUT2D eigenvalue weighted by Gasteiger charge is -2.22. The van der Waals surface area contributed by atoms with E-state index < -0.39 is 12.1 Å². The third-order valence-corrected chi connectivity index (χ3v) is 4.62. The van der Waals surface area contributed by atoms with Gasteiger partial charge >= 0.3 is 5.97 Å². The van der Waals surface area contributed by atoms with Crippen molar-refractivity contribution in [1.29, 1.82) is 0 Å². The van der Waals surface area contributed by atoms with Gasteiger partial charge in [0.15, 0.2) is 6.10 Å². The van der Waals surface area contributed by atoms with E-state index in [-0.39, 0.29) is 5.91 Å². The van der Waals surface area contributed by atoms with E-state index in [1.165, 1.54) is 24.7 Å². The second kappa shape index (κ2) is 8.04. The molecule has 0 heterocycles. The summed E-state index contributed by atoms with van der Waals surface area (Å²) in [7, 11) is 1.31. The molecule has 0 bridgehead atoms. The van der Waals surface area contributed by atoms with Gasteiger partial charge in [-0.15, -0.1) is 0 Å². The molecule has 5 nitrogen and oxygen atoms in total. The van der Waals surface area contributed by atoms with Gasteiger partial charge in [-0.2, -0.15) is 0 Å². The zero-order valence-corrected chi connectivity index (χ0v) is 15.1. The summed E-state index contributed by atoms with van der Waals surface area (Å²) in [5, 5.41) is 2.76. The van der Waals surface area contributed by atoms with Gasteiger partial charge in [0.1, 0.15) is 5.75 Å². The Morgan fingerprint density at radius 2 is 1.81 bits per heavy atom. The van der Waals surface area contributed by atoms with Gasteiger partial charge < -0.3 is 14.8 Å². The van der Waals surface area contributed by atoms with E-state index in [4.69, 9.17) is 9.47 Å². The van der Waals surface area contributed by atoms with Gasteiger partial charge in [-0.25, -0.2) is 4.79 Å². The second-order valence-electron chi connectivity index (χ2n) is 6.39. The standard InChI is InChI=1S/C21H23NO4/c1-14(26-19-13-7-9-15-8-3-4-10-16(15)19)20(23)22-18-12-6-5-11-17(18)21(24)25-2/h5-7,9,11-14H,3-4,8,10H2,1-2H3,(H,22,23)/t14-/m0/s1. The number of hydrogen-bond acceptors (Lipinski definition) is 4. The number of ether oxygens (including phenoxy) is 2. The van der Waals surface area contributed by atoms with Gasteiger partial charge in [0, 0.05) is 0 Å². The Morgan fingerprint density at radius 3 is 2.62 bits per heavy atom. The van der Waals surface area contributed by atoms with E-state index in [1.807, 2.05) is 12.1 Å². The van der Waals surface area contributed by atoms with Crippen LogP contribution in [-0.4, -0.2) is 25.1 Å². The Balaban J connectivity index is 1.73. The molecule has 1 amide bonds. The number of anilines is 1. The fraction of sp³-hybridized carbons (Fsp3) is 0.333. The molecule has 0 saturated heterocycles. The zero-order valence-electron chi connectivity index (χ0n) is 15.1. The summed E-state index contributed by atoms with van der Waals surface area (Å²) in [5.41, 5.74) is 3.23. The molecule has 1 aliphatic rings. The molecular formula is C21H23NO4. The SMILES string of the molecule is COC(=O)c1ccccc1NC(=O)[C@H](C)Oc1cccc2c1CCCC2. The molecule has 0 fully saturated rings. The minimum atomic E-state index is -0.686. The van der Waals surface area contributed by atoms with Crippen molar-refractivity contribution in [2.75, 3.05) is 12.4 Å². The van der Waals surface area contributed by atoms with E-state index in [0.717, 1.165) is 25.0 Å². The number of benzene rings is 2. The number of carbonyl (C=O) groups is 2. The van der Waals surface area contributed by atoms with E-state index in [2.05, 4.69) is 11.4 Å². The maximum Gasteiger partial charge on any atom is 0.339 e. The first-order valence-corrected chi connectivity index (χ1v) is 8.85. The van der Waals surface area contributed by atoms with Gasteiger partial charge in [0.25, 0.3) is 5.91 Å². The highest BCUT2D eigenvalue weighted by molar-refractivity contribution is 6.02. The van der Waals surface area contributed by atoms with E-state index >= 15 is 0 Å². The van der Waals surface area contributed by atoms with E-state index in [9.17, 15) is 9.59 Å². The van der Waals surface area contributed by atoms with Gasteiger partial charge in [0.05, 0.1) is 18.4 Å². The number of fused-ring (bicyclic) bond motifs is 1. The Kier molecular flexibility index (Phi) is 5.56. The number of esters is 1. The van der Waals surface area contributed by atoms with Crippen LogP contribution in [0.15, 0.2) is 42.5 Å². The molecule has 0 aromatic heterocycles. The van der Waals surface area contributed by atoms with Crippen molar-refractivity contribution in [3.8, 4) is 5.75 Å². The number of aryl methyl sites for hydroxylation is 1. The smallest absolute Gasteiger partial charge is 0.339 e. The molecule has 136 valence electrons. The molecule has 1 atom stereocenters. The monoisotopic (exact) mass is 353 g/mol. The van der Waals surface area contributed by atoms with Crippen LogP contribution in [0.25, 0.3) is 0 Å². The molecule has 0 aliphatic heterocycles. The van der Waals surface area contributed by atoms with Gasteiger partial charge in [-0.1, -0.05) is 24.3 Å². The molecule has 2 aromatic rings. The lowest BCUT2D eigenvalue weighted by Crippen LogP contribution is -2.31. The van der Waals surface area contributed by atoms with Crippen LogP contribution in [0.4, 0.5) is 5.69 Å². The third-order valence-electron chi connectivity index (χ3n) is 4.62. The van der Waals surface area contributed by atoms with Crippen molar-refractivity contribution >= 4 is 17.6 Å². The first kappa shape index (κ1) is 18.0. The van der Waals surface area contributed by atoms with Crippen LogP contribution in [-0.2, 0) is 22.4 Å². The Morgan fingerprint density at radius 1 is 1.04 bits per heavy atom. The number of rotatable bonds is 5. The van der Waals surface area contributed by atoms with Crippen LogP contribution in [0.1, 0.15) is 41.3 Å². The Hall–Kier alpha value is -2.82. The predicted octanol–water partition coefficient (Wildman–Crippen LogP) is 3.76. The van der Waals surface area contributed by atoms with Crippen LogP contribution < -0.4 is 10.1 Å². The normalized spacial score (nSPS) is 14.1. The van der Waals surface area contributed by atoms with Crippen LogP contribution in [0, 0.1) is 0 Å². The molecule has 5 heteroatoms. The maximum absolute atomic E-state index is 12.6. The third kappa shape index (κ3) is 3.87. The average molecular weight is 353 g/mol. The topological polar surface area (TPSA) is 64.6 Å². The van der Waals surface area contributed by atoms with Gasteiger partial charge in [-0.05, 0) is 61.9 Å². The summed E-state index contributed by atoms with van der Waals surface area (Å²) in [6, 6.07) is 12.8. The summed E-state index contributed by atoms with van der Waals surface area (Å²) in [6.07, 6.45) is 3.68. The number of para-hydroxylation sites is 1. The molecule has 0 radical (unpaired) electrons. The molecule has 0 unspecified atom stereocenters. The first-order valence-electron chi connectivity index (χ1n) is 8.85. The fourth-order valence-electron chi connectivity index (χ4n) is 3.22. The molecule has 0 saturated carbocycles. The lowest BCUT2D eigenvalue weighted by atomic mass is 9.91. The molecular weight excluding hydrogens is 330 g/mol. The minimum absolute atomic E-state index is 0.310. The summed E-state index contributed by atoms with van der Waals surface area (Å²) in [5.74, 6) is -0.0348. The van der Waals surface area contributed by atoms with Gasteiger partial charge in [0.2, 0.25) is 0 Å². The minimum Gasteiger partial charge on any atom is -0.481 e. The van der Waals surface area contributed by atoms with Crippen molar-refractivity contribution < 1.29 is 19.1 Å². The fourth-order valence-corrected chi connectivity index (χ4v) is 3.22. The summed E-state index contributed by atoms with van der Waals surface area (Å²) in [4.78, 5) is 24.4. The molecule has 1 N–H and O–H groups in total. The van der Waals surface area contributed by atoms with Crippen LogP contribution in [0.5, 0.6) is 5.75 Å². The molecule has 26 heavy (non-hydrogen) atoms. The summed E-state index contributed by atoms with van der Waals surface area (Å²) < 4.78 is 10.7. The van der Waals surface area contributed by atoms with Crippen molar-refractivity contribution in [3.05, 3.63) is 59.2 Å². The van der Waals surface area contributed by atoms with Crippen molar-refractivity contribution in [2.24, 2.45) is 0 Å². The van der Waals surface area contributed by atoms with Gasteiger partial charge in [-0.3, -0.25) is 4.79 Å². The highest BCUT2D eigenvalue weighted by Gasteiger charge is 2.21. The van der Waals surface area contributed by atoms with Crippen LogP contribution in [0.2, 0.25) is 0 Å². The highest BCUT2D eigenvalue weighted by atomic mass is 16.5. The largest absolute Gasteiger partial charge is 0.481 e. The van der Waals surface area contributed by atoms with Crippen LogP contribution in [0.3, 0.4) is 0 Å². The number of nitrogens with one attached hydrogen (secondary N) is 1. The number of hydrogen-bond donors (Lipinski definition) is 1. The second-order valence-corrected chi connectivity index (χ2v) is 6.39. The number of methoxy groups -OCH3 is 1. The average Bonchev–Trinajstić information content (AvgIpc) is 2.68.